The molecule has 0 spiro atoms. The Morgan fingerprint density at radius 1 is 1.43 bits per heavy atom. The lowest BCUT2D eigenvalue weighted by Gasteiger charge is -2.20. The van der Waals surface area contributed by atoms with Gasteiger partial charge in [0.2, 0.25) is 5.91 Å². The minimum atomic E-state index is -0.914. The van der Waals surface area contributed by atoms with E-state index in [0.29, 0.717) is 5.69 Å². The lowest BCUT2D eigenvalue weighted by molar-refractivity contribution is -0.137. The van der Waals surface area contributed by atoms with Crippen LogP contribution in [0.4, 0.5) is 10.5 Å². The second-order valence-corrected chi connectivity index (χ2v) is 5.04. The first-order valence-electron chi connectivity index (χ1n) is 6.58. The number of hydrogen-bond acceptors (Lipinski definition) is 3. The molecule has 7 nitrogen and oxygen atoms in total. The van der Waals surface area contributed by atoms with Crippen LogP contribution >= 0.6 is 0 Å². The zero-order valence-electron chi connectivity index (χ0n) is 11.6. The number of aliphatic carboxylic acids is 1. The number of urea groups is 1. The fourth-order valence-corrected chi connectivity index (χ4v) is 2.41. The summed E-state index contributed by atoms with van der Waals surface area (Å²) < 4.78 is 0. The van der Waals surface area contributed by atoms with Crippen LogP contribution in [0.25, 0.3) is 0 Å². The highest BCUT2D eigenvalue weighted by Gasteiger charge is 2.33. The molecule has 2 unspecified atom stereocenters. The third kappa shape index (κ3) is 3.13. The van der Waals surface area contributed by atoms with Gasteiger partial charge in [-0.2, -0.15) is 0 Å². The molecule has 4 N–H and O–H groups in total. The summed E-state index contributed by atoms with van der Waals surface area (Å²) in [6, 6.07) is 5.91. The Balaban J connectivity index is 2.20. The van der Waals surface area contributed by atoms with E-state index in [1.807, 2.05) is 6.07 Å². The molecule has 0 saturated carbocycles. The molecule has 112 valence electrons. The molecule has 1 aromatic rings. The standard InChI is InChI=1S/C14H17N3O4/c1-8(13(15)20)16-14(21)17-7-9(6-12(18)19)10-4-2-3-5-11(10)17/h2-5,8-9H,6-7H2,1H3,(H2,15,20)(H,16,21)(H,18,19). The van der Waals surface area contributed by atoms with Gasteiger partial charge in [-0.25, -0.2) is 4.79 Å². The number of para-hydroxylation sites is 1. The molecule has 0 radical (unpaired) electrons. The maximum Gasteiger partial charge on any atom is 0.322 e. The van der Waals surface area contributed by atoms with Crippen molar-refractivity contribution in [2.75, 3.05) is 11.4 Å². The average Bonchev–Trinajstić information content (AvgIpc) is 2.77. The molecular weight excluding hydrogens is 274 g/mol. The van der Waals surface area contributed by atoms with Crippen LogP contribution in [-0.2, 0) is 9.59 Å². The number of hydrogen-bond donors (Lipinski definition) is 3. The molecule has 0 bridgehead atoms. The van der Waals surface area contributed by atoms with Gasteiger partial charge in [0.15, 0.2) is 0 Å². The van der Waals surface area contributed by atoms with Crippen LogP contribution in [0.3, 0.4) is 0 Å². The SMILES string of the molecule is CC(NC(=O)N1CC(CC(=O)O)c2ccccc21)C(N)=O. The highest BCUT2D eigenvalue weighted by atomic mass is 16.4. The number of anilines is 1. The van der Waals surface area contributed by atoms with E-state index >= 15 is 0 Å². The number of carbonyl (C=O) groups is 3. The van der Waals surface area contributed by atoms with E-state index in [1.54, 1.807) is 18.2 Å². The lowest BCUT2D eigenvalue weighted by Crippen LogP contribution is -2.48. The maximum atomic E-state index is 12.2. The predicted octanol–water partition coefficient (Wildman–Crippen LogP) is 0.648. The van der Waals surface area contributed by atoms with Crippen LogP contribution in [0.2, 0.25) is 0 Å². The summed E-state index contributed by atoms with van der Waals surface area (Å²) in [6.07, 6.45) is -0.0494. The van der Waals surface area contributed by atoms with Crippen LogP contribution in [0, 0.1) is 0 Å². The molecule has 1 heterocycles. The highest BCUT2D eigenvalue weighted by Crippen LogP contribution is 2.37. The molecule has 2 rings (SSSR count). The number of amides is 3. The number of primary amides is 1. The first-order chi connectivity index (χ1) is 9.90. The molecule has 21 heavy (non-hydrogen) atoms. The Hall–Kier alpha value is -2.57. The van der Waals surface area contributed by atoms with Crippen molar-refractivity contribution < 1.29 is 19.5 Å². The van der Waals surface area contributed by atoms with Gasteiger partial charge in [-0.1, -0.05) is 18.2 Å². The number of carbonyl (C=O) groups excluding carboxylic acids is 2. The minimum absolute atomic E-state index is 0.0494. The van der Waals surface area contributed by atoms with Gasteiger partial charge in [0.05, 0.1) is 6.42 Å². The smallest absolute Gasteiger partial charge is 0.322 e. The molecule has 1 aromatic carbocycles. The molecule has 0 aromatic heterocycles. The van der Waals surface area contributed by atoms with Gasteiger partial charge in [0.25, 0.3) is 0 Å². The number of rotatable bonds is 4. The third-order valence-corrected chi connectivity index (χ3v) is 3.50. The van der Waals surface area contributed by atoms with Crippen molar-refractivity contribution in [1.29, 1.82) is 0 Å². The second kappa shape index (κ2) is 5.82. The molecular formula is C14H17N3O4. The van der Waals surface area contributed by atoms with Crippen LogP contribution in [-0.4, -0.2) is 35.6 Å². The van der Waals surface area contributed by atoms with E-state index < -0.39 is 23.9 Å². The van der Waals surface area contributed by atoms with Crippen molar-refractivity contribution in [3.63, 3.8) is 0 Å². The first-order valence-corrected chi connectivity index (χ1v) is 6.58. The van der Waals surface area contributed by atoms with Gasteiger partial charge < -0.3 is 16.2 Å². The van der Waals surface area contributed by atoms with Gasteiger partial charge in [-0.05, 0) is 18.6 Å². The minimum Gasteiger partial charge on any atom is -0.481 e. The van der Waals surface area contributed by atoms with Gasteiger partial charge in [-0.3, -0.25) is 14.5 Å². The molecule has 2 atom stereocenters. The van der Waals surface area contributed by atoms with E-state index in [2.05, 4.69) is 5.32 Å². The molecule has 7 heteroatoms. The van der Waals surface area contributed by atoms with Crippen LogP contribution in [0.15, 0.2) is 24.3 Å². The molecule has 0 saturated heterocycles. The third-order valence-electron chi connectivity index (χ3n) is 3.50. The zero-order chi connectivity index (χ0) is 15.6. The maximum absolute atomic E-state index is 12.2. The number of nitrogens with one attached hydrogen (secondary N) is 1. The zero-order valence-corrected chi connectivity index (χ0v) is 11.6. The van der Waals surface area contributed by atoms with E-state index in [4.69, 9.17) is 10.8 Å². The van der Waals surface area contributed by atoms with Crippen molar-refractivity contribution in [3.8, 4) is 0 Å². The van der Waals surface area contributed by atoms with E-state index in [9.17, 15) is 14.4 Å². The van der Waals surface area contributed by atoms with Gasteiger partial charge in [0, 0.05) is 18.2 Å². The fourth-order valence-electron chi connectivity index (χ4n) is 2.41. The number of carboxylic acid groups (broad SMARTS) is 1. The second-order valence-electron chi connectivity index (χ2n) is 5.04. The number of carboxylic acids is 1. The molecule has 3 amide bonds. The number of fused-ring (bicyclic) bond motifs is 1. The fraction of sp³-hybridized carbons (Fsp3) is 0.357. The van der Waals surface area contributed by atoms with Crippen molar-refractivity contribution in [3.05, 3.63) is 29.8 Å². The molecule has 0 aliphatic carbocycles. The average molecular weight is 291 g/mol. The Morgan fingerprint density at radius 3 is 2.71 bits per heavy atom. The van der Waals surface area contributed by atoms with Gasteiger partial charge in [-0.15, -0.1) is 0 Å². The monoisotopic (exact) mass is 291 g/mol. The summed E-state index contributed by atoms with van der Waals surface area (Å²) >= 11 is 0. The van der Waals surface area contributed by atoms with E-state index in [-0.39, 0.29) is 18.9 Å². The van der Waals surface area contributed by atoms with E-state index in [0.717, 1.165) is 5.56 Å². The largest absolute Gasteiger partial charge is 0.481 e. The Labute approximate surface area is 121 Å². The molecule has 0 fully saturated rings. The summed E-state index contributed by atoms with van der Waals surface area (Å²) in [5.74, 6) is -1.80. The summed E-state index contributed by atoms with van der Waals surface area (Å²) in [6.45, 7) is 1.76. The summed E-state index contributed by atoms with van der Waals surface area (Å²) in [7, 11) is 0. The Bertz CT molecular complexity index is 587. The van der Waals surface area contributed by atoms with Crippen LogP contribution in [0.5, 0.6) is 0 Å². The Morgan fingerprint density at radius 2 is 2.10 bits per heavy atom. The van der Waals surface area contributed by atoms with Gasteiger partial charge in [0.1, 0.15) is 6.04 Å². The number of nitrogens with two attached hydrogens (primary N) is 1. The van der Waals surface area contributed by atoms with Crippen molar-refractivity contribution in [1.82, 2.24) is 5.32 Å². The highest BCUT2D eigenvalue weighted by molar-refractivity contribution is 5.97. The quantitative estimate of drug-likeness (QED) is 0.755. The first kappa shape index (κ1) is 14.8. The topological polar surface area (TPSA) is 113 Å². The van der Waals surface area contributed by atoms with Crippen molar-refractivity contribution in [2.45, 2.75) is 25.3 Å². The van der Waals surface area contributed by atoms with Crippen molar-refractivity contribution in [2.24, 2.45) is 5.73 Å². The number of nitrogens with zero attached hydrogens (tertiary/aromatic N) is 1. The van der Waals surface area contributed by atoms with Crippen molar-refractivity contribution >= 4 is 23.6 Å². The normalized spacial score (nSPS) is 18.0. The summed E-state index contributed by atoms with van der Waals surface area (Å²) in [5.41, 5.74) is 6.61. The lowest BCUT2D eigenvalue weighted by atomic mass is 9.98. The van der Waals surface area contributed by atoms with Crippen LogP contribution in [0.1, 0.15) is 24.8 Å². The van der Waals surface area contributed by atoms with Crippen LogP contribution < -0.4 is 16.0 Å². The Kier molecular flexibility index (Phi) is 4.11. The summed E-state index contributed by atoms with van der Waals surface area (Å²) in [4.78, 5) is 35.6. The molecule has 1 aliphatic heterocycles. The molecule has 1 aliphatic rings. The number of benzene rings is 1. The van der Waals surface area contributed by atoms with E-state index in [1.165, 1.54) is 11.8 Å². The predicted molar refractivity (Wildman–Crippen MR) is 76.0 cm³/mol. The van der Waals surface area contributed by atoms with Gasteiger partial charge >= 0.3 is 12.0 Å². The summed E-state index contributed by atoms with van der Waals surface area (Å²) in [5, 5.41) is 11.5.